The fourth-order valence-corrected chi connectivity index (χ4v) is 4.48. The second-order valence-electron chi connectivity index (χ2n) is 7.35. The molecular formula is C21H25N5O2S. The summed E-state index contributed by atoms with van der Waals surface area (Å²) in [5, 5.41) is 12.6. The Hall–Kier alpha value is -2.45. The number of hydrogen-bond acceptors (Lipinski definition) is 6. The maximum absolute atomic E-state index is 12.9. The summed E-state index contributed by atoms with van der Waals surface area (Å²) in [4.78, 5) is 12.9. The molecule has 1 aliphatic rings. The van der Waals surface area contributed by atoms with E-state index in [9.17, 15) is 4.79 Å². The molecule has 29 heavy (non-hydrogen) atoms. The average molecular weight is 412 g/mol. The van der Waals surface area contributed by atoms with Crippen molar-refractivity contribution in [1.29, 1.82) is 0 Å². The number of Topliss-reactive ketones (excluding diaryl/α,β-unsaturated/α-hetero) is 1. The molecule has 1 saturated heterocycles. The van der Waals surface area contributed by atoms with Crippen molar-refractivity contribution in [2.45, 2.75) is 51.0 Å². The van der Waals surface area contributed by atoms with Gasteiger partial charge in [0.25, 0.3) is 0 Å². The van der Waals surface area contributed by atoms with Crippen LogP contribution in [0, 0.1) is 13.8 Å². The summed E-state index contributed by atoms with van der Waals surface area (Å²) < 4.78 is 9.69. The minimum Gasteiger partial charge on any atom is -0.376 e. The van der Waals surface area contributed by atoms with E-state index in [0.29, 0.717) is 17.5 Å². The highest BCUT2D eigenvalue weighted by atomic mass is 32.2. The van der Waals surface area contributed by atoms with Crippen molar-refractivity contribution in [3.8, 4) is 0 Å². The van der Waals surface area contributed by atoms with E-state index in [1.807, 2.05) is 50.2 Å². The van der Waals surface area contributed by atoms with Crippen LogP contribution in [0.4, 0.5) is 0 Å². The number of thioether (sulfide) groups is 1. The minimum absolute atomic E-state index is 0.0935. The molecule has 3 heterocycles. The third-order valence-corrected chi connectivity index (χ3v) is 6.25. The molecule has 1 aliphatic heterocycles. The Morgan fingerprint density at radius 3 is 2.86 bits per heavy atom. The first-order valence-corrected chi connectivity index (χ1v) is 10.8. The first kappa shape index (κ1) is 19.8. The van der Waals surface area contributed by atoms with Crippen LogP contribution in [0.5, 0.6) is 0 Å². The van der Waals surface area contributed by atoms with Gasteiger partial charge in [-0.25, -0.2) is 4.68 Å². The van der Waals surface area contributed by atoms with Gasteiger partial charge >= 0.3 is 0 Å². The number of hydrogen-bond donors (Lipinski definition) is 0. The first-order valence-electron chi connectivity index (χ1n) is 9.86. The highest BCUT2D eigenvalue weighted by Gasteiger charge is 2.21. The molecule has 0 unspecified atom stereocenters. The molecule has 3 aromatic rings. The summed E-state index contributed by atoms with van der Waals surface area (Å²) in [7, 11) is 0. The monoisotopic (exact) mass is 411 g/mol. The molecule has 0 N–H and O–H groups in total. The fourth-order valence-electron chi connectivity index (χ4n) is 3.72. The van der Waals surface area contributed by atoms with Crippen LogP contribution in [-0.2, 0) is 17.8 Å². The lowest BCUT2D eigenvalue weighted by Crippen LogP contribution is -2.17. The second-order valence-corrected chi connectivity index (χ2v) is 8.29. The van der Waals surface area contributed by atoms with Crippen LogP contribution in [0.3, 0.4) is 0 Å². The standard InChI is InChI=1S/C21H25N5O2S/c1-15-11-19(16(2)25(15)13-18-9-6-10-28-18)20(27)14-29-21-22-23-24-26(21)12-17-7-4-3-5-8-17/h3-5,7-8,11,18H,6,9-10,12-14H2,1-2H3/t18-/m0/s1. The van der Waals surface area contributed by atoms with Crippen LogP contribution in [0.2, 0.25) is 0 Å². The number of nitrogens with zero attached hydrogens (tertiary/aromatic N) is 5. The maximum Gasteiger partial charge on any atom is 0.210 e. The molecule has 0 aliphatic carbocycles. The molecular weight excluding hydrogens is 386 g/mol. The number of aryl methyl sites for hydroxylation is 1. The van der Waals surface area contributed by atoms with Crippen LogP contribution < -0.4 is 0 Å². The van der Waals surface area contributed by atoms with Crippen molar-refractivity contribution >= 4 is 17.5 Å². The summed E-state index contributed by atoms with van der Waals surface area (Å²) in [6, 6.07) is 12.0. The van der Waals surface area contributed by atoms with Gasteiger partial charge in [0.2, 0.25) is 5.16 Å². The summed E-state index contributed by atoms with van der Waals surface area (Å²) in [5.74, 6) is 0.398. The van der Waals surface area contributed by atoms with Crippen LogP contribution in [0.25, 0.3) is 0 Å². The van der Waals surface area contributed by atoms with E-state index in [-0.39, 0.29) is 11.9 Å². The number of aromatic nitrogens is 5. The number of carbonyl (C=O) groups excluding carboxylic acids is 1. The van der Waals surface area contributed by atoms with Gasteiger partial charge in [-0.2, -0.15) is 0 Å². The lowest BCUT2D eigenvalue weighted by molar-refractivity contribution is 0.0957. The normalized spacial score (nSPS) is 16.4. The molecule has 1 fully saturated rings. The number of rotatable bonds is 8. The molecule has 0 saturated carbocycles. The van der Waals surface area contributed by atoms with Gasteiger partial charge in [-0.15, -0.1) is 5.10 Å². The summed E-state index contributed by atoms with van der Waals surface area (Å²) in [6.07, 6.45) is 2.45. The molecule has 0 spiro atoms. The van der Waals surface area contributed by atoms with Crippen molar-refractivity contribution in [2.24, 2.45) is 0 Å². The van der Waals surface area contributed by atoms with Gasteiger partial charge in [-0.1, -0.05) is 42.1 Å². The van der Waals surface area contributed by atoms with Crippen LogP contribution >= 0.6 is 11.8 Å². The van der Waals surface area contributed by atoms with E-state index < -0.39 is 0 Å². The van der Waals surface area contributed by atoms with Crippen LogP contribution in [0.1, 0.15) is 40.2 Å². The van der Waals surface area contributed by atoms with Gasteiger partial charge in [0.15, 0.2) is 5.78 Å². The van der Waals surface area contributed by atoms with E-state index in [1.54, 1.807) is 4.68 Å². The van der Waals surface area contributed by atoms with Gasteiger partial charge in [0.05, 0.1) is 18.4 Å². The molecule has 1 atom stereocenters. The fraction of sp³-hybridized carbons (Fsp3) is 0.429. The Balaban J connectivity index is 1.41. The SMILES string of the molecule is Cc1cc(C(=O)CSc2nnnn2Cc2ccccc2)c(C)n1C[C@@H]1CCCO1. The highest BCUT2D eigenvalue weighted by molar-refractivity contribution is 7.99. The maximum atomic E-state index is 12.9. The van der Waals surface area contributed by atoms with Gasteiger partial charge in [0.1, 0.15) is 0 Å². The summed E-state index contributed by atoms with van der Waals surface area (Å²) >= 11 is 1.38. The van der Waals surface area contributed by atoms with E-state index >= 15 is 0 Å². The van der Waals surface area contributed by atoms with Gasteiger partial charge in [-0.05, 0) is 48.7 Å². The lowest BCUT2D eigenvalue weighted by Gasteiger charge is -2.14. The summed E-state index contributed by atoms with van der Waals surface area (Å²) in [6.45, 7) is 6.30. The van der Waals surface area contributed by atoms with E-state index in [2.05, 4.69) is 20.1 Å². The molecule has 4 rings (SSSR count). The third-order valence-electron chi connectivity index (χ3n) is 5.29. The van der Waals surface area contributed by atoms with Crippen molar-refractivity contribution < 1.29 is 9.53 Å². The van der Waals surface area contributed by atoms with Crippen LogP contribution in [0.15, 0.2) is 41.6 Å². The molecule has 2 aromatic heterocycles. The topological polar surface area (TPSA) is 74.8 Å². The van der Waals surface area contributed by atoms with Crippen LogP contribution in [-0.4, -0.2) is 49.0 Å². The Morgan fingerprint density at radius 1 is 1.28 bits per heavy atom. The molecule has 0 amide bonds. The molecule has 8 heteroatoms. The smallest absolute Gasteiger partial charge is 0.210 e. The number of ketones is 1. The largest absolute Gasteiger partial charge is 0.376 e. The van der Waals surface area contributed by atoms with Crippen molar-refractivity contribution in [2.75, 3.05) is 12.4 Å². The van der Waals surface area contributed by atoms with Crippen molar-refractivity contribution in [3.63, 3.8) is 0 Å². The van der Waals surface area contributed by atoms with Gasteiger partial charge in [0, 0.05) is 30.1 Å². The number of benzene rings is 1. The molecule has 152 valence electrons. The zero-order valence-electron chi connectivity index (χ0n) is 16.7. The predicted octanol–water partition coefficient (Wildman–Crippen LogP) is 3.29. The molecule has 7 nitrogen and oxygen atoms in total. The van der Waals surface area contributed by atoms with E-state index in [0.717, 1.165) is 48.5 Å². The Bertz CT molecular complexity index is 976. The lowest BCUT2D eigenvalue weighted by atomic mass is 10.2. The van der Waals surface area contributed by atoms with Crippen molar-refractivity contribution in [1.82, 2.24) is 24.8 Å². The number of ether oxygens (including phenoxy) is 1. The van der Waals surface area contributed by atoms with Crippen molar-refractivity contribution in [3.05, 3.63) is 58.9 Å². The minimum atomic E-state index is 0.0935. The highest BCUT2D eigenvalue weighted by Crippen LogP contribution is 2.23. The van der Waals surface area contributed by atoms with Gasteiger partial charge in [-0.3, -0.25) is 4.79 Å². The predicted molar refractivity (Wildman–Crippen MR) is 111 cm³/mol. The number of carbonyl (C=O) groups is 1. The Kier molecular flexibility index (Phi) is 6.10. The second kappa shape index (κ2) is 8.92. The quantitative estimate of drug-likeness (QED) is 0.418. The molecule has 1 aromatic carbocycles. The number of tetrazole rings is 1. The third kappa shape index (κ3) is 4.59. The molecule has 0 bridgehead atoms. The van der Waals surface area contributed by atoms with E-state index in [4.69, 9.17) is 4.74 Å². The Morgan fingerprint density at radius 2 is 2.10 bits per heavy atom. The first-order chi connectivity index (χ1) is 14.1. The zero-order chi connectivity index (χ0) is 20.2. The van der Waals surface area contributed by atoms with Gasteiger partial charge < -0.3 is 9.30 Å². The van der Waals surface area contributed by atoms with E-state index in [1.165, 1.54) is 11.8 Å². The summed E-state index contributed by atoms with van der Waals surface area (Å²) in [5.41, 5.74) is 3.99. The molecule has 0 radical (unpaired) electrons. The Labute approximate surface area is 174 Å². The average Bonchev–Trinajstić information content (AvgIpc) is 3.45. The zero-order valence-corrected chi connectivity index (χ0v) is 17.6.